The second kappa shape index (κ2) is 13.1. The van der Waals surface area contributed by atoms with Gasteiger partial charge < -0.3 is 40.0 Å². The third-order valence-corrected chi connectivity index (χ3v) is 8.66. The highest BCUT2D eigenvalue weighted by molar-refractivity contribution is 6.62. The number of alkyl halides is 3. The average molecular weight is 665 g/mol. The van der Waals surface area contributed by atoms with Gasteiger partial charge in [-0.3, -0.25) is 19.2 Å². The first-order chi connectivity index (χ1) is 22.8. The van der Waals surface area contributed by atoms with Crippen LogP contribution >= 0.6 is 0 Å². The molecule has 1 fully saturated rings. The number of hydrogen-bond acceptors (Lipinski definition) is 8. The van der Waals surface area contributed by atoms with Gasteiger partial charge >= 0.3 is 26.4 Å². The molecule has 3 aliphatic rings. The Hall–Kier alpha value is -4.70. The first kappa shape index (κ1) is 33.2. The molecule has 0 bridgehead atoms. The average Bonchev–Trinajstić information content (AvgIpc) is 3.76. The number of fused-ring (bicyclic) bond motifs is 2. The summed E-state index contributed by atoms with van der Waals surface area (Å²) in [7, 11) is -2.42. The summed E-state index contributed by atoms with van der Waals surface area (Å²) in [4.78, 5) is 53.8. The van der Waals surface area contributed by atoms with E-state index in [0.717, 1.165) is 29.8 Å². The highest BCUT2D eigenvalue weighted by Crippen LogP contribution is 2.31. The molecule has 3 aliphatic heterocycles. The Morgan fingerprint density at radius 2 is 1.48 bits per heavy atom. The predicted octanol–water partition coefficient (Wildman–Crippen LogP) is 0.486. The number of aliphatic carboxylic acids is 1. The standard InChI is InChI=1S/C31H28B2F3N3O9/c34-31(35,36)21-7-5-16(6-8-21)25(12-27(40)41)38-29(43)26-11-22(37-28(42)17-1-3-19-14-47-32(45)23(19)9-17)13-39(26)30(44)18-2-4-20-15-48-33(46)24(20)10-18/h1-10,22,25-26,45-46H,11-15H2,(H,37,42)(H,38,43)(H,40,41)/t22-,25?,26+/m1/s1. The third-order valence-electron chi connectivity index (χ3n) is 8.66. The van der Waals surface area contributed by atoms with E-state index in [-0.39, 0.29) is 42.9 Å². The van der Waals surface area contributed by atoms with Crippen molar-refractivity contribution < 1.29 is 56.8 Å². The lowest BCUT2D eigenvalue weighted by molar-refractivity contribution is -0.139. The van der Waals surface area contributed by atoms with Crippen LogP contribution in [0.3, 0.4) is 0 Å². The molecule has 5 N–H and O–H groups in total. The van der Waals surface area contributed by atoms with Crippen molar-refractivity contribution >= 4 is 48.9 Å². The van der Waals surface area contributed by atoms with Gasteiger partial charge in [0.15, 0.2) is 0 Å². The van der Waals surface area contributed by atoms with Gasteiger partial charge in [0.2, 0.25) is 5.91 Å². The first-order valence-electron chi connectivity index (χ1n) is 14.9. The second-order valence-corrected chi connectivity index (χ2v) is 11.8. The van der Waals surface area contributed by atoms with Crippen LogP contribution in [0.25, 0.3) is 0 Å². The van der Waals surface area contributed by atoms with Crippen molar-refractivity contribution in [1.82, 2.24) is 15.5 Å². The summed E-state index contributed by atoms with van der Waals surface area (Å²) in [5.41, 5.74) is 1.72. The van der Waals surface area contributed by atoms with Crippen molar-refractivity contribution in [2.75, 3.05) is 6.54 Å². The van der Waals surface area contributed by atoms with Crippen LogP contribution in [0.1, 0.15) is 61.9 Å². The largest absolute Gasteiger partial charge is 0.491 e. The number of hydrogen-bond donors (Lipinski definition) is 5. The molecule has 1 saturated heterocycles. The molecule has 0 spiro atoms. The van der Waals surface area contributed by atoms with Gasteiger partial charge in [0, 0.05) is 23.7 Å². The van der Waals surface area contributed by atoms with Gasteiger partial charge in [0.05, 0.1) is 31.2 Å². The summed E-state index contributed by atoms with van der Waals surface area (Å²) in [5, 5.41) is 35.1. The first-order valence-corrected chi connectivity index (χ1v) is 14.9. The molecule has 3 heterocycles. The number of carbonyl (C=O) groups excluding carboxylic acids is 3. The van der Waals surface area contributed by atoms with Crippen LogP contribution in [-0.2, 0) is 38.3 Å². The van der Waals surface area contributed by atoms with E-state index in [1.165, 1.54) is 23.1 Å². The Balaban J connectivity index is 1.25. The van der Waals surface area contributed by atoms with E-state index < -0.39 is 74.2 Å². The molecule has 3 amide bonds. The number of nitrogens with one attached hydrogen (secondary N) is 2. The lowest BCUT2D eigenvalue weighted by atomic mass is 9.78. The van der Waals surface area contributed by atoms with E-state index in [1.807, 2.05) is 0 Å². The highest BCUT2D eigenvalue weighted by atomic mass is 19.4. The molecule has 3 aromatic rings. The molecular weight excluding hydrogens is 637 g/mol. The number of halogens is 3. The summed E-state index contributed by atoms with van der Waals surface area (Å²) < 4.78 is 49.8. The van der Waals surface area contributed by atoms with Crippen LogP contribution in [0, 0.1) is 0 Å². The fourth-order valence-corrected chi connectivity index (χ4v) is 6.15. The molecule has 248 valence electrons. The molecule has 0 aliphatic carbocycles. The van der Waals surface area contributed by atoms with Crippen molar-refractivity contribution in [2.24, 2.45) is 0 Å². The minimum Gasteiger partial charge on any atom is -0.481 e. The smallest absolute Gasteiger partial charge is 0.481 e. The zero-order valence-corrected chi connectivity index (χ0v) is 25.1. The van der Waals surface area contributed by atoms with Gasteiger partial charge in [-0.2, -0.15) is 13.2 Å². The summed E-state index contributed by atoms with van der Waals surface area (Å²) >= 11 is 0. The Labute approximate surface area is 272 Å². The number of rotatable bonds is 8. The molecule has 1 unspecified atom stereocenters. The van der Waals surface area contributed by atoms with Crippen LogP contribution in [-0.4, -0.2) is 76.6 Å². The molecular formula is C31H28B2F3N3O9. The fourth-order valence-electron chi connectivity index (χ4n) is 6.15. The lowest BCUT2D eigenvalue weighted by Gasteiger charge is -2.26. The quantitative estimate of drug-likeness (QED) is 0.215. The van der Waals surface area contributed by atoms with Crippen molar-refractivity contribution in [2.45, 2.75) is 50.4 Å². The normalized spacial score (nSPS) is 19.1. The van der Waals surface area contributed by atoms with Gasteiger partial charge in [-0.25, -0.2) is 0 Å². The Kier molecular flexibility index (Phi) is 9.04. The third kappa shape index (κ3) is 6.80. The summed E-state index contributed by atoms with van der Waals surface area (Å²) in [6.07, 6.45) is -5.36. The van der Waals surface area contributed by atoms with Gasteiger partial charge in [-0.1, -0.05) is 24.3 Å². The number of carbonyl (C=O) groups is 4. The zero-order chi connectivity index (χ0) is 34.3. The van der Waals surface area contributed by atoms with Gasteiger partial charge in [0.1, 0.15) is 6.04 Å². The van der Waals surface area contributed by atoms with Crippen molar-refractivity contribution in [1.29, 1.82) is 0 Å². The highest BCUT2D eigenvalue weighted by Gasteiger charge is 2.42. The van der Waals surface area contributed by atoms with E-state index in [2.05, 4.69) is 10.6 Å². The Morgan fingerprint density at radius 1 is 0.896 bits per heavy atom. The van der Waals surface area contributed by atoms with E-state index in [0.29, 0.717) is 16.5 Å². The number of nitrogens with zero attached hydrogens (tertiary/aromatic N) is 1. The van der Waals surface area contributed by atoms with Crippen LogP contribution in [0.4, 0.5) is 13.2 Å². The van der Waals surface area contributed by atoms with E-state index in [9.17, 15) is 47.5 Å². The Morgan fingerprint density at radius 3 is 2.06 bits per heavy atom. The maximum Gasteiger partial charge on any atom is 0.491 e. The second-order valence-electron chi connectivity index (χ2n) is 11.8. The van der Waals surface area contributed by atoms with Gasteiger partial charge in [-0.15, -0.1) is 0 Å². The molecule has 48 heavy (non-hydrogen) atoms. The summed E-state index contributed by atoms with van der Waals surface area (Å²) in [6.45, 7) is 0.212. The van der Waals surface area contributed by atoms with E-state index in [4.69, 9.17) is 9.31 Å². The molecule has 0 saturated carbocycles. The molecule has 0 aromatic heterocycles. The molecule has 6 rings (SSSR count). The molecule has 3 atom stereocenters. The summed E-state index contributed by atoms with van der Waals surface area (Å²) in [6, 6.07) is 9.76. The summed E-state index contributed by atoms with van der Waals surface area (Å²) in [5.74, 6) is -3.26. The zero-order valence-electron chi connectivity index (χ0n) is 25.1. The van der Waals surface area contributed by atoms with Crippen molar-refractivity contribution in [3.63, 3.8) is 0 Å². The number of amides is 3. The maximum absolute atomic E-state index is 13.9. The number of carboxylic acids is 1. The number of likely N-dealkylation sites (tertiary alicyclic amines) is 1. The van der Waals surface area contributed by atoms with Crippen LogP contribution in [0.15, 0.2) is 60.7 Å². The van der Waals surface area contributed by atoms with Crippen LogP contribution in [0.5, 0.6) is 0 Å². The van der Waals surface area contributed by atoms with Crippen LogP contribution < -0.4 is 21.6 Å². The molecule has 3 aromatic carbocycles. The number of carboxylic acid groups (broad SMARTS) is 1. The minimum atomic E-state index is -4.62. The maximum atomic E-state index is 13.9. The van der Waals surface area contributed by atoms with Crippen molar-refractivity contribution in [3.05, 3.63) is 94.0 Å². The Bertz CT molecular complexity index is 1780. The molecule has 17 heteroatoms. The van der Waals surface area contributed by atoms with E-state index >= 15 is 0 Å². The van der Waals surface area contributed by atoms with Gasteiger partial charge in [-0.05, 0) is 70.4 Å². The fraction of sp³-hybridized carbons (Fsp3) is 0.290. The minimum absolute atomic E-state index is 0.0799. The van der Waals surface area contributed by atoms with Crippen molar-refractivity contribution in [3.8, 4) is 0 Å². The number of benzene rings is 3. The van der Waals surface area contributed by atoms with E-state index in [1.54, 1.807) is 18.2 Å². The molecule has 0 radical (unpaired) electrons. The lowest BCUT2D eigenvalue weighted by Crippen LogP contribution is -2.47. The topological polar surface area (TPSA) is 175 Å². The van der Waals surface area contributed by atoms with Crippen LogP contribution in [0.2, 0.25) is 0 Å². The monoisotopic (exact) mass is 665 g/mol. The predicted molar refractivity (Wildman–Crippen MR) is 163 cm³/mol. The van der Waals surface area contributed by atoms with Gasteiger partial charge in [0.25, 0.3) is 11.8 Å². The SMILES string of the molecule is O=C(O)CC(NC(=O)[C@@H]1C[C@@H](NC(=O)c2ccc3c(c2)B(O)OC3)CN1C(=O)c1ccc2c(c1)B(O)OC2)c1ccc(C(F)(F)F)cc1. The molecule has 12 nitrogen and oxygen atoms in total.